The monoisotopic (exact) mass is 382 g/mol. The number of thioether (sulfide) groups is 1. The topological polar surface area (TPSA) is 61.2 Å². The summed E-state index contributed by atoms with van der Waals surface area (Å²) in [6, 6.07) is 13.7. The van der Waals surface area contributed by atoms with E-state index in [-0.39, 0.29) is 24.5 Å². The zero-order chi connectivity index (χ0) is 19.4. The van der Waals surface area contributed by atoms with Crippen molar-refractivity contribution in [2.45, 2.75) is 37.7 Å². The predicted molar refractivity (Wildman–Crippen MR) is 108 cm³/mol. The second kappa shape index (κ2) is 8.39. The van der Waals surface area contributed by atoms with Crippen LogP contribution >= 0.6 is 11.8 Å². The van der Waals surface area contributed by atoms with Gasteiger partial charge < -0.3 is 4.74 Å². The van der Waals surface area contributed by atoms with Crippen LogP contribution in [-0.4, -0.2) is 22.6 Å². The first-order valence-corrected chi connectivity index (χ1v) is 9.73. The molecule has 1 aromatic heterocycles. The number of nitrogens with zero attached hydrogens (tertiary/aromatic N) is 2. The van der Waals surface area contributed by atoms with Crippen molar-refractivity contribution in [2.75, 3.05) is 7.11 Å². The van der Waals surface area contributed by atoms with Gasteiger partial charge in [-0.1, -0.05) is 53.2 Å². The summed E-state index contributed by atoms with van der Waals surface area (Å²) in [5, 5.41) is 1.17. The third-order valence-corrected chi connectivity index (χ3v) is 5.29. The molecule has 5 nitrogen and oxygen atoms in total. The molecule has 27 heavy (non-hydrogen) atoms. The molecule has 0 saturated carbocycles. The molecule has 0 fully saturated rings. The molecule has 140 valence electrons. The number of esters is 1. The van der Waals surface area contributed by atoms with Gasteiger partial charge in [-0.3, -0.25) is 14.2 Å². The van der Waals surface area contributed by atoms with Gasteiger partial charge in [0.05, 0.1) is 24.4 Å². The van der Waals surface area contributed by atoms with Gasteiger partial charge >= 0.3 is 5.97 Å². The second-order valence-electron chi connectivity index (χ2n) is 6.48. The molecule has 0 radical (unpaired) electrons. The number of hydrogen-bond donors (Lipinski definition) is 0. The maximum absolute atomic E-state index is 12.9. The third kappa shape index (κ3) is 4.57. The Labute approximate surface area is 162 Å². The van der Waals surface area contributed by atoms with E-state index in [4.69, 9.17) is 4.74 Å². The molecule has 0 amide bonds. The van der Waals surface area contributed by atoms with Gasteiger partial charge in [0.25, 0.3) is 5.56 Å². The van der Waals surface area contributed by atoms with Crippen molar-refractivity contribution in [1.29, 1.82) is 0 Å². The van der Waals surface area contributed by atoms with E-state index in [2.05, 4.69) is 37.0 Å². The molecule has 0 saturated heterocycles. The van der Waals surface area contributed by atoms with E-state index in [9.17, 15) is 9.59 Å². The average Bonchev–Trinajstić information content (AvgIpc) is 2.64. The number of carbonyl (C=O) groups is 1. The summed E-state index contributed by atoms with van der Waals surface area (Å²) in [6.45, 7) is 4.39. The van der Waals surface area contributed by atoms with Crippen LogP contribution in [0.15, 0.2) is 52.4 Å². The fraction of sp³-hybridized carbons (Fsp3) is 0.286. The van der Waals surface area contributed by atoms with Crippen LogP contribution in [0.1, 0.15) is 23.1 Å². The molecule has 6 heteroatoms. The number of aromatic nitrogens is 2. The molecule has 0 unspecified atom stereocenters. The van der Waals surface area contributed by atoms with Crippen molar-refractivity contribution in [1.82, 2.24) is 9.55 Å². The average molecular weight is 382 g/mol. The minimum absolute atomic E-state index is 0.132. The maximum Gasteiger partial charge on any atom is 0.307 e. The molecule has 0 aliphatic rings. The van der Waals surface area contributed by atoms with Crippen molar-refractivity contribution in [3.8, 4) is 0 Å². The highest BCUT2D eigenvalue weighted by molar-refractivity contribution is 7.98. The highest BCUT2D eigenvalue weighted by atomic mass is 32.2. The van der Waals surface area contributed by atoms with Crippen LogP contribution in [0.2, 0.25) is 0 Å². The van der Waals surface area contributed by atoms with Crippen LogP contribution in [0.4, 0.5) is 0 Å². The normalized spacial score (nSPS) is 10.9. The van der Waals surface area contributed by atoms with E-state index >= 15 is 0 Å². The summed E-state index contributed by atoms with van der Waals surface area (Å²) >= 11 is 1.51. The number of benzene rings is 2. The number of rotatable bonds is 6. The van der Waals surface area contributed by atoms with Crippen LogP contribution in [0.3, 0.4) is 0 Å². The first-order chi connectivity index (χ1) is 13.0. The fourth-order valence-corrected chi connectivity index (χ4v) is 4.02. The van der Waals surface area contributed by atoms with Gasteiger partial charge in [0, 0.05) is 12.3 Å². The number of aryl methyl sites for hydroxylation is 2. The Kier molecular flexibility index (Phi) is 5.96. The third-order valence-electron chi connectivity index (χ3n) is 4.24. The highest BCUT2D eigenvalue weighted by Gasteiger charge is 2.13. The van der Waals surface area contributed by atoms with Crippen LogP contribution in [0.25, 0.3) is 10.9 Å². The minimum Gasteiger partial charge on any atom is -0.469 e. The lowest BCUT2D eigenvalue weighted by atomic mass is 10.1. The number of ether oxygens (including phenoxy) is 1. The maximum atomic E-state index is 12.9. The molecule has 0 atom stereocenters. The summed E-state index contributed by atoms with van der Waals surface area (Å²) in [4.78, 5) is 29.2. The number of carbonyl (C=O) groups excluding carboxylic acids is 1. The van der Waals surface area contributed by atoms with Crippen LogP contribution in [-0.2, 0) is 21.8 Å². The Bertz CT molecular complexity index is 1020. The Hall–Kier alpha value is -2.60. The lowest BCUT2D eigenvalue weighted by Crippen LogP contribution is -2.24. The van der Waals surface area contributed by atoms with E-state index in [1.54, 1.807) is 10.6 Å². The molecule has 0 aliphatic carbocycles. The SMILES string of the molecule is COC(=O)CCn1c(SCc2cc(C)cc(C)c2)nc2ccccc2c1=O. The predicted octanol–water partition coefficient (Wildman–Crippen LogP) is 3.87. The number of fused-ring (bicyclic) bond motifs is 1. The Balaban J connectivity index is 1.96. The van der Waals surface area contributed by atoms with Gasteiger partial charge in [-0.15, -0.1) is 0 Å². The summed E-state index contributed by atoms with van der Waals surface area (Å²) < 4.78 is 6.29. The van der Waals surface area contributed by atoms with Crippen LogP contribution in [0.5, 0.6) is 0 Å². The van der Waals surface area contributed by atoms with Crippen LogP contribution < -0.4 is 5.56 Å². The van der Waals surface area contributed by atoms with Crippen molar-refractivity contribution in [2.24, 2.45) is 0 Å². The van der Waals surface area contributed by atoms with Crippen LogP contribution in [0, 0.1) is 13.8 Å². The van der Waals surface area contributed by atoms with Crippen molar-refractivity contribution < 1.29 is 9.53 Å². The van der Waals surface area contributed by atoms with Crippen molar-refractivity contribution in [3.63, 3.8) is 0 Å². The zero-order valence-corrected chi connectivity index (χ0v) is 16.5. The Morgan fingerprint density at radius 3 is 2.56 bits per heavy atom. The quantitative estimate of drug-likeness (QED) is 0.368. The molecular formula is C21H22N2O3S. The minimum atomic E-state index is -0.347. The Morgan fingerprint density at radius 2 is 1.85 bits per heavy atom. The van der Waals surface area contributed by atoms with Crippen molar-refractivity contribution >= 4 is 28.6 Å². The van der Waals surface area contributed by atoms with E-state index in [0.717, 1.165) is 0 Å². The lowest BCUT2D eigenvalue weighted by Gasteiger charge is -2.13. The molecule has 0 spiro atoms. The van der Waals surface area contributed by atoms with Gasteiger partial charge in [0.2, 0.25) is 0 Å². The van der Waals surface area contributed by atoms with Gasteiger partial charge in [-0.2, -0.15) is 0 Å². The van der Waals surface area contributed by atoms with Crippen molar-refractivity contribution in [3.05, 3.63) is 69.5 Å². The zero-order valence-electron chi connectivity index (χ0n) is 15.7. The number of para-hydroxylation sites is 1. The summed E-state index contributed by atoms with van der Waals surface area (Å²) in [7, 11) is 1.35. The molecule has 0 aliphatic heterocycles. The van der Waals surface area contributed by atoms with E-state index < -0.39 is 0 Å². The summed E-state index contributed by atoms with van der Waals surface area (Å²) in [6.07, 6.45) is 0.132. The van der Waals surface area contributed by atoms with Gasteiger partial charge in [0.1, 0.15) is 0 Å². The summed E-state index contributed by atoms with van der Waals surface area (Å²) in [5.41, 5.74) is 4.13. The van der Waals surface area contributed by atoms with Gasteiger partial charge in [-0.25, -0.2) is 4.98 Å². The first kappa shape index (κ1) is 19.2. The standard InChI is InChI=1S/C21H22N2O3S/c1-14-10-15(2)12-16(11-14)13-27-21-22-18-7-5-4-6-17(18)20(25)23(21)9-8-19(24)26-3/h4-7,10-12H,8-9,13H2,1-3H3. The van der Waals surface area contributed by atoms with E-state index in [1.165, 1.54) is 35.6 Å². The molecule has 2 aromatic carbocycles. The smallest absolute Gasteiger partial charge is 0.307 e. The van der Waals surface area contributed by atoms with E-state index in [0.29, 0.717) is 21.8 Å². The first-order valence-electron chi connectivity index (χ1n) is 8.74. The summed E-state index contributed by atoms with van der Waals surface area (Å²) in [5.74, 6) is 0.353. The largest absolute Gasteiger partial charge is 0.469 e. The van der Waals surface area contributed by atoms with Gasteiger partial charge in [0.15, 0.2) is 5.16 Å². The molecule has 3 rings (SSSR count). The second-order valence-corrected chi connectivity index (χ2v) is 7.42. The lowest BCUT2D eigenvalue weighted by molar-refractivity contribution is -0.140. The fourth-order valence-electron chi connectivity index (χ4n) is 3.06. The highest BCUT2D eigenvalue weighted by Crippen LogP contribution is 2.23. The van der Waals surface area contributed by atoms with E-state index in [1.807, 2.05) is 18.2 Å². The molecule has 1 heterocycles. The number of methoxy groups -OCH3 is 1. The molecular weight excluding hydrogens is 360 g/mol. The molecule has 0 bridgehead atoms. The molecule has 3 aromatic rings. The number of hydrogen-bond acceptors (Lipinski definition) is 5. The Morgan fingerprint density at radius 1 is 1.15 bits per heavy atom. The van der Waals surface area contributed by atoms with Gasteiger partial charge in [-0.05, 0) is 31.5 Å². The molecule has 0 N–H and O–H groups in total.